The van der Waals surface area contributed by atoms with Gasteiger partial charge in [0.25, 0.3) is 0 Å². The van der Waals surface area contributed by atoms with Crippen molar-refractivity contribution in [2.45, 2.75) is 85.4 Å². The van der Waals surface area contributed by atoms with Crippen LogP contribution in [0.15, 0.2) is 5.38 Å². The summed E-state index contributed by atoms with van der Waals surface area (Å²) in [5, 5.41) is 6.81. The number of carbonyl (C=O) groups is 1. The lowest BCUT2D eigenvalue weighted by molar-refractivity contribution is -0.131. The van der Waals surface area contributed by atoms with Crippen LogP contribution in [-0.2, 0) is 11.3 Å². The quantitative estimate of drug-likeness (QED) is 0.726. The van der Waals surface area contributed by atoms with Gasteiger partial charge in [0.2, 0.25) is 0 Å². The van der Waals surface area contributed by atoms with Crippen LogP contribution in [0.2, 0.25) is 0 Å². The molecule has 3 rings (SSSR count). The fourth-order valence-corrected chi connectivity index (χ4v) is 5.50. The molecule has 1 atom stereocenters. The maximum atomic E-state index is 12.5. The molecule has 1 N–H and O–H groups in total. The summed E-state index contributed by atoms with van der Waals surface area (Å²) in [6.45, 7) is 18.1. The lowest BCUT2D eigenvalue weighted by Gasteiger charge is -2.37. The average Bonchev–Trinajstić information content (AvgIpc) is 3.28. The summed E-state index contributed by atoms with van der Waals surface area (Å²) in [6.07, 6.45) is 4.52. The van der Waals surface area contributed by atoms with E-state index in [1.54, 1.807) is 11.3 Å². The van der Waals surface area contributed by atoms with E-state index in [1.807, 2.05) is 20.8 Å². The molecule has 1 unspecified atom stereocenters. The zero-order valence-corrected chi connectivity index (χ0v) is 20.1. The van der Waals surface area contributed by atoms with Crippen LogP contribution in [-0.4, -0.2) is 58.3 Å². The summed E-state index contributed by atoms with van der Waals surface area (Å²) in [7, 11) is 0. The molecule has 0 aromatic carbocycles. The van der Waals surface area contributed by atoms with Crippen molar-refractivity contribution in [3.05, 3.63) is 11.1 Å². The Kier molecular flexibility index (Phi) is 7.06. The molecular formula is C23H40N4OS. The summed E-state index contributed by atoms with van der Waals surface area (Å²) in [5.74, 6) is 0.657. The van der Waals surface area contributed by atoms with E-state index in [-0.39, 0.29) is 16.9 Å². The van der Waals surface area contributed by atoms with Crippen molar-refractivity contribution in [2.24, 2.45) is 11.3 Å². The number of nitrogens with one attached hydrogen (secondary N) is 1. The van der Waals surface area contributed by atoms with Crippen molar-refractivity contribution in [3.63, 3.8) is 0 Å². The van der Waals surface area contributed by atoms with Crippen LogP contribution >= 0.6 is 11.3 Å². The third-order valence-corrected chi connectivity index (χ3v) is 7.21. The normalized spacial score (nSPS) is 22.9. The first-order valence-electron chi connectivity index (χ1n) is 11.3. The molecule has 0 radical (unpaired) electrons. The van der Waals surface area contributed by atoms with Gasteiger partial charge >= 0.3 is 0 Å². The lowest BCUT2D eigenvalue weighted by atomic mass is 9.79. The predicted molar refractivity (Wildman–Crippen MR) is 123 cm³/mol. The third-order valence-electron chi connectivity index (χ3n) is 6.36. The number of Topliss-reactive ketones (excluding diaryl/α,β-unsaturated/α-hetero) is 1. The van der Waals surface area contributed by atoms with Crippen LogP contribution in [0.3, 0.4) is 0 Å². The zero-order chi connectivity index (χ0) is 21.2. The van der Waals surface area contributed by atoms with E-state index < -0.39 is 0 Å². The Morgan fingerprint density at radius 2 is 1.83 bits per heavy atom. The van der Waals surface area contributed by atoms with Crippen LogP contribution in [0.1, 0.15) is 72.9 Å². The molecule has 0 saturated carbocycles. The SMILES string of the molecule is CC(C)(C)C(=O)C1CCN(Cc2csc(NCC3CCCN3C(C)(C)C)n2)CC1. The molecule has 6 heteroatoms. The van der Waals surface area contributed by atoms with E-state index in [9.17, 15) is 4.79 Å². The Balaban J connectivity index is 1.45. The van der Waals surface area contributed by atoms with Gasteiger partial charge in [-0.3, -0.25) is 14.6 Å². The number of anilines is 1. The summed E-state index contributed by atoms with van der Waals surface area (Å²) in [5.41, 5.74) is 1.17. The van der Waals surface area contributed by atoms with Gasteiger partial charge in [0.1, 0.15) is 5.78 Å². The fourth-order valence-electron chi connectivity index (χ4n) is 4.79. The molecule has 2 aliphatic heterocycles. The highest BCUT2D eigenvalue weighted by Gasteiger charge is 2.33. The van der Waals surface area contributed by atoms with Crippen LogP contribution in [0.4, 0.5) is 5.13 Å². The monoisotopic (exact) mass is 420 g/mol. The molecule has 5 nitrogen and oxygen atoms in total. The van der Waals surface area contributed by atoms with Crippen molar-refractivity contribution in [1.29, 1.82) is 0 Å². The van der Waals surface area contributed by atoms with E-state index in [0.717, 1.165) is 49.8 Å². The van der Waals surface area contributed by atoms with Crippen molar-refractivity contribution in [1.82, 2.24) is 14.8 Å². The maximum absolute atomic E-state index is 12.5. The van der Waals surface area contributed by atoms with Crippen molar-refractivity contribution >= 4 is 22.3 Å². The van der Waals surface area contributed by atoms with Gasteiger partial charge in [0.05, 0.1) is 5.69 Å². The first-order chi connectivity index (χ1) is 13.5. The number of rotatable bonds is 6. The highest BCUT2D eigenvalue weighted by Crippen LogP contribution is 2.29. The van der Waals surface area contributed by atoms with Gasteiger partial charge in [-0.2, -0.15) is 0 Å². The second-order valence-electron chi connectivity index (χ2n) is 10.8. The second-order valence-corrected chi connectivity index (χ2v) is 11.7. The van der Waals surface area contributed by atoms with E-state index in [2.05, 4.69) is 41.3 Å². The second kappa shape index (κ2) is 9.03. The largest absolute Gasteiger partial charge is 0.360 e. The minimum atomic E-state index is -0.218. The molecule has 2 aliphatic rings. The molecule has 0 bridgehead atoms. The molecular weight excluding hydrogens is 380 g/mol. The number of aromatic nitrogens is 1. The van der Waals surface area contributed by atoms with E-state index in [0.29, 0.717) is 11.8 Å². The Labute approximate surface area is 181 Å². The van der Waals surface area contributed by atoms with Gasteiger partial charge < -0.3 is 5.32 Å². The Hall–Kier alpha value is -0.980. The highest BCUT2D eigenvalue weighted by molar-refractivity contribution is 7.13. The van der Waals surface area contributed by atoms with Gasteiger partial charge in [-0.1, -0.05) is 20.8 Å². The molecule has 0 aliphatic carbocycles. The fraction of sp³-hybridized carbons (Fsp3) is 0.826. The smallest absolute Gasteiger partial charge is 0.182 e. The Bertz CT molecular complexity index is 680. The molecule has 0 amide bonds. The van der Waals surface area contributed by atoms with E-state index in [1.165, 1.54) is 19.4 Å². The number of likely N-dealkylation sites (tertiary alicyclic amines) is 2. The van der Waals surface area contributed by atoms with Crippen LogP contribution in [0.25, 0.3) is 0 Å². The lowest BCUT2D eigenvalue weighted by Crippen LogP contribution is -2.47. The van der Waals surface area contributed by atoms with Crippen molar-refractivity contribution in [3.8, 4) is 0 Å². The number of piperidine rings is 1. The molecule has 3 heterocycles. The molecule has 0 spiro atoms. The Morgan fingerprint density at radius 1 is 1.14 bits per heavy atom. The maximum Gasteiger partial charge on any atom is 0.182 e. The first-order valence-corrected chi connectivity index (χ1v) is 12.1. The minimum Gasteiger partial charge on any atom is -0.360 e. The number of thiazole rings is 1. The minimum absolute atomic E-state index is 0.218. The molecule has 29 heavy (non-hydrogen) atoms. The molecule has 164 valence electrons. The van der Waals surface area contributed by atoms with Gasteiger partial charge in [0, 0.05) is 41.4 Å². The number of hydrogen-bond donors (Lipinski definition) is 1. The van der Waals surface area contributed by atoms with E-state index in [4.69, 9.17) is 4.98 Å². The van der Waals surface area contributed by atoms with Gasteiger partial charge in [-0.05, 0) is 66.1 Å². The first kappa shape index (κ1) is 22.7. The van der Waals surface area contributed by atoms with Crippen LogP contribution in [0, 0.1) is 11.3 Å². The molecule has 1 aromatic rings. The van der Waals surface area contributed by atoms with E-state index >= 15 is 0 Å². The number of hydrogen-bond acceptors (Lipinski definition) is 6. The zero-order valence-electron chi connectivity index (χ0n) is 19.3. The van der Waals surface area contributed by atoms with Gasteiger partial charge in [-0.25, -0.2) is 4.98 Å². The van der Waals surface area contributed by atoms with Gasteiger partial charge in [-0.15, -0.1) is 11.3 Å². The topological polar surface area (TPSA) is 48.5 Å². The molecule has 2 fully saturated rings. The van der Waals surface area contributed by atoms with Crippen molar-refractivity contribution in [2.75, 3.05) is 31.5 Å². The summed E-state index contributed by atoms with van der Waals surface area (Å²) < 4.78 is 0. The number of nitrogens with zero attached hydrogens (tertiary/aromatic N) is 3. The Morgan fingerprint density at radius 3 is 2.45 bits per heavy atom. The van der Waals surface area contributed by atoms with Crippen LogP contribution < -0.4 is 5.32 Å². The summed E-state index contributed by atoms with van der Waals surface area (Å²) >= 11 is 1.72. The summed E-state index contributed by atoms with van der Waals surface area (Å²) in [4.78, 5) is 22.4. The van der Waals surface area contributed by atoms with Crippen LogP contribution in [0.5, 0.6) is 0 Å². The average molecular weight is 421 g/mol. The highest BCUT2D eigenvalue weighted by atomic mass is 32.1. The standard InChI is InChI=1S/C23H40N4OS/c1-22(2,3)20(28)17-9-12-26(13-10-17)15-18-16-29-21(25-18)24-14-19-8-7-11-27(19)23(4,5)6/h16-17,19H,7-15H2,1-6H3,(H,24,25). The molecule has 1 aromatic heterocycles. The summed E-state index contributed by atoms with van der Waals surface area (Å²) in [6, 6.07) is 0.599. The number of carbonyl (C=O) groups excluding carboxylic acids is 1. The van der Waals surface area contributed by atoms with Crippen molar-refractivity contribution < 1.29 is 4.79 Å². The number of ketones is 1. The molecule has 2 saturated heterocycles. The third kappa shape index (κ3) is 6.02. The predicted octanol–water partition coefficient (Wildman–Crippen LogP) is 4.65. The van der Waals surface area contributed by atoms with Gasteiger partial charge in [0.15, 0.2) is 5.13 Å².